The second kappa shape index (κ2) is 10.1. The van der Waals surface area contributed by atoms with E-state index in [9.17, 15) is 19.2 Å². The van der Waals surface area contributed by atoms with Gasteiger partial charge in [0.1, 0.15) is 18.1 Å². The number of carbonyl (C=O) groups excluding carboxylic acids is 1. The molecule has 0 aliphatic carbocycles. The molecular weight excluding hydrogens is 488 g/mol. The third-order valence-corrected chi connectivity index (χ3v) is 6.13. The number of carbonyl (C=O) groups is 1. The van der Waals surface area contributed by atoms with Crippen LogP contribution in [0.1, 0.15) is 18.9 Å². The number of aromatic amines is 1. The average molecular weight is 513 g/mol. The van der Waals surface area contributed by atoms with E-state index in [0.717, 1.165) is 20.3 Å². The van der Waals surface area contributed by atoms with E-state index in [1.54, 1.807) is 10.6 Å². The maximum Gasteiger partial charge on any atom is 0.330 e. The lowest BCUT2D eigenvalue weighted by atomic mass is 10.0. The van der Waals surface area contributed by atoms with Crippen molar-refractivity contribution in [1.82, 2.24) is 28.9 Å². The zero-order chi connectivity index (χ0) is 26.8. The molecule has 4 aromatic heterocycles. The molecular formula is C27H24N6O5. The molecule has 0 amide bonds. The standard InChI is InChI=1S/C27H24N6O5/c1-3-9-18-25(28-27(37)31(26(18)36)16-22(35)38-2)33-21(34)14-13-19(29-33)23-20-12-7-8-15-32(20)30-24(23)17-10-5-4-6-11-17/h4-8,10-15H,3,9,16H2,1-2H3,(H,28,37). The molecule has 4 heterocycles. The number of nitrogens with zero attached hydrogens (tertiary/aromatic N) is 5. The van der Waals surface area contributed by atoms with Crippen LogP contribution in [0.15, 0.2) is 81.2 Å². The fraction of sp³-hybridized carbons (Fsp3) is 0.185. The van der Waals surface area contributed by atoms with E-state index in [-0.39, 0.29) is 17.8 Å². The summed E-state index contributed by atoms with van der Waals surface area (Å²) in [4.78, 5) is 53.5. The highest BCUT2D eigenvalue weighted by Gasteiger charge is 2.22. The van der Waals surface area contributed by atoms with Crippen molar-refractivity contribution in [1.29, 1.82) is 0 Å². The van der Waals surface area contributed by atoms with Gasteiger partial charge in [-0.25, -0.2) is 13.9 Å². The van der Waals surface area contributed by atoms with E-state index < -0.39 is 29.3 Å². The van der Waals surface area contributed by atoms with Crippen molar-refractivity contribution in [2.24, 2.45) is 0 Å². The number of pyridine rings is 1. The Balaban J connectivity index is 1.76. The van der Waals surface area contributed by atoms with E-state index >= 15 is 0 Å². The van der Waals surface area contributed by atoms with Crippen molar-refractivity contribution in [3.63, 3.8) is 0 Å². The molecule has 11 heteroatoms. The zero-order valence-corrected chi connectivity index (χ0v) is 20.7. The Labute approximate surface area is 215 Å². The quantitative estimate of drug-likeness (QED) is 0.331. The highest BCUT2D eigenvalue weighted by Crippen LogP contribution is 2.33. The van der Waals surface area contributed by atoms with Crippen molar-refractivity contribution in [2.75, 3.05) is 7.11 Å². The van der Waals surface area contributed by atoms with E-state index in [1.807, 2.05) is 61.7 Å². The van der Waals surface area contributed by atoms with E-state index in [1.165, 1.54) is 13.2 Å². The van der Waals surface area contributed by atoms with Crippen LogP contribution < -0.4 is 16.8 Å². The number of ether oxygens (including phenoxy) is 1. The molecule has 0 radical (unpaired) electrons. The number of benzene rings is 1. The van der Waals surface area contributed by atoms with Gasteiger partial charge in [0, 0.05) is 17.8 Å². The number of rotatable bonds is 7. The normalized spacial score (nSPS) is 11.1. The molecule has 0 aliphatic rings. The van der Waals surface area contributed by atoms with Crippen LogP contribution in [0, 0.1) is 0 Å². The highest BCUT2D eigenvalue weighted by atomic mass is 16.5. The number of fused-ring (bicyclic) bond motifs is 1. The highest BCUT2D eigenvalue weighted by molar-refractivity contribution is 5.90. The van der Waals surface area contributed by atoms with Gasteiger partial charge in [0.25, 0.3) is 11.1 Å². The first-order valence-electron chi connectivity index (χ1n) is 12.0. The molecule has 5 rings (SSSR count). The van der Waals surface area contributed by atoms with Crippen LogP contribution in [-0.4, -0.2) is 42.0 Å². The predicted octanol–water partition coefficient (Wildman–Crippen LogP) is 2.19. The van der Waals surface area contributed by atoms with Crippen LogP contribution in [0.4, 0.5) is 0 Å². The summed E-state index contributed by atoms with van der Waals surface area (Å²) < 4.78 is 8.12. The number of methoxy groups -OCH3 is 1. The molecule has 0 atom stereocenters. The van der Waals surface area contributed by atoms with Gasteiger partial charge in [0.2, 0.25) is 0 Å². The van der Waals surface area contributed by atoms with Crippen molar-refractivity contribution in [3.8, 4) is 28.3 Å². The summed E-state index contributed by atoms with van der Waals surface area (Å²) in [5.41, 5.74) is 1.47. The number of nitrogens with one attached hydrogen (secondary N) is 1. The molecule has 38 heavy (non-hydrogen) atoms. The molecule has 11 nitrogen and oxygen atoms in total. The van der Waals surface area contributed by atoms with E-state index in [2.05, 4.69) is 14.8 Å². The topological polar surface area (TPSA) is 133 Å². The second-order valence-electron chi connectivity index (χ2n) is 8.56. The minimum absolute atomic E-state index is 0.0347. The Morgan fingerprint density at radius 3 is 2.47 bits per heavy atom. The molecule has 0 saturated carbocycles. The van der Waals surface area contributed by atoms with Crippen LogP contribution in [0.3, 0.4) is 0 Å². The van der Waals surface area contributed by atoms with Crippen molar-refractivity contribution in [3.05, 3.63) is 104 Å². The van der Waals surface area contributed by atoms with Crippen LogP contribution in [-0.2, 0) is 22.5 Å². The number of aromatic nitrogens is 6. The van der Waals surface area contributed by atoms with Gasteiger partial charge in [-0.05, 0) is 24.6 Å². The van der Waals surface area contributed by atoms with Crippen molar-refractivity contribution < 1.29 is 9.53 Å². The van der Waals surface area contributed by atoms with Crippen LogP contribution in [0.2, 0.25) is 0 Å². The first kappa shape index (κ1) is 24.6. The number of esters is 1. The van der Waals surface area contributed by atoms with Gasteiger partial charge in [0.15, 0.2) is 0 Å². The number of hydrogen-bond donors (Lipinski definition) is 1. The Hall–Kier alpha value is -5.06. The summed E-state index contributed by atoms with van der Waals surface area (Å²) in [5.74, 6) is -0.779. The fourth-order valence-electron chi connectivity index (χ4n) is 4.35. The monoisotopic (exact) mass is 512 g/mol. The predicted molar refractivity (Wildman–Crippen MR) is 140 cm³/mol. The summed E-state index contributed by atoms with van der Waals surface area (Å²) in [5, 5.41) is 9.34. The summed E-state index contributed by atoms with van der Waals surface area (Å²) >= 11 is 0. The lowest BCUT2D eigenvalue weighted by Gasteiger charge is -2.13. The molecule has 0 spiro atoms. The molecule has 1 N–H and O–H groups in total. The van der Waals surface area contributed by atoms with E-state index in [4.69, 9.17) is 5.10 Å². The third-order valence-electron chi connectivity index (χ3n) is 6.13. The summed E-state index contributed by atoms with van der Waals surface area (Å²) in [7, 11) is 1.17. The van der Waals surface area contributed by atoms with Gasteiger partial charge in [-0.3, -0.25) is 19.4 Å². The van der Waals surface area contributed by atoms with Crippen LogP contribution in [0.5, 0.6) is 0 Å². The molecule has 1 aromatic carbocycles. The first-order chi connectivity index (χ1) is 18.4. The smallest absolute Gasteiger partial charge is 0.330 e. The molecule has 0 fully saturated rings. The summed E-state index contributed by atoms with van der Waals surface area (Å²) in [6.07, 6.45) is 2.61. The number of H-pyrrole nitrogens is 1. The lowest BCUT2D eigenvalue weighted by Crippen LogP contribution is -2.42. The fourth-order valence-corrected chi connectivity index (χ4v) is 4.35. The minimum Gasteiger partial charge on any atom is -0.468 e. The average Bonchev–Trinajstić information content (AvgIpc) is 3.33. The Morgan fingerprint density at radius 2 is 1.74 bits per heavy atom. The summed E-state index contributed by atoms with van der Waals surface area (Å²) in [6.45, 7) is 1.31. The van der Waals surface area contributed by atoms with Gasteiger partial charge in [-0.15, -0.1) is 0 Å². The Bertz CT molecular complexity index is 1830. The SMILES string of the molecule is CCCc1c(-n2nc(-c3c(-c4ccccc4)nn4ccccc34)ccc2=O)[nH]c(=O)n(CC(=O)OC)c1=O. The minimum atomic E-state index is -0.852. The molecule has 192 valence electrons. The third kappa shape index (κ3) is 4.34. The molecule has 0 bridgehead atoms. The molecule has 0 saturated heterocycles. The van der Waals surface area contributed by atoms with Gasteiger partial charge in [-0.2, -0.15) is 14.9 Å². The largest absolute Gasteiger partial charge is 0.468 e. The van der Waals surface area contributed by atoms with Gasteiger partial charge in [0.05, 0.1) is 29.4 Å². The van der Waals surface area contributed by atoms with Gasteiger partial charge in [-0.1, -0.05) is 49.7 Å². The van der Waals surface area contributed by atoms with Crippen LogP contribution >= 0.6 is 0 Å². The second-order valence-corrected chi connectivity index (χ2v) is 8.56. The van der Waals surface area contributed by atoms with E-state index in [0.29, 0.717) is 23.4 Å². The Kier molecular flexibility index (Phi) is 6.56. The number of hydrogen-bond acceptors (Lipinski definition) is 7. The van der Waals surface area contributed by atoms with Crippen molar-refractivity contribution in [2.45, 2.75) is 26.3 Å². The molecule has 5 aromatic rings. The maximum absolute atomic E-state index is 13.2. The van der Waals surface area contributed by atoms with Crippen LogP contribution in [0.25, 0.3) is 33.8 Å². The van der Waals surface area contributed by atoms with Gasteiger partial charge >= 0.3 is 11.7 Å². The Morgan fingerprint density at radius 1 is 0.974 bits per heavy atom. The summed E-state index contributed by atoms with van der Waals surface area (Å²) in [6, 6.07) is 18.1. The first-order valence-corrected chi connectivity index (χ1v) is 12.0. The maximum atomic E-state index is 13.2. The lowest BCUT2D eigenvalue weighted by molar-refractivity contribution is -0.141. The zero-order valence-electron chi connectivity index (χ0n) is 20.7. The van der Waals surface area contributed by atoms with Gasteiger partial charge < -0.3 is 4.74 Å². The van der Waals surface area contributed by atoms with Crippen molar-refractivity contribution >= 4 is 11.5 Å². The molecule has 0 unspecified atom stereocenters. The molecule has 0 aliphatic heterocycles.